The monoisotopic (exact) mass is 497 g/mol. The van der Waals surface area contributed by atoms with Crippen LogP contribution in [0, 0.1) is 17.3 Å². The fourth-order valence-electron chi connectivity index (χ4n) is 6.28. The van der Waals surface area contributed by atoms with E-state index in [0.717, 1.165) is 19.3 Å². The Morgan fingerprint density at radius 1 is 1.03 bits per heavy atom. The molecule has 4 aliphatic rings. The molecule has 4 fully saturated rings. The highest BCUT2D eigenvalue weighted by Gasteiger charge is 2.61. The maximum absolute atomic E-state index is 12.7. The number of amides is 3. The molecule has 0 heterocycles. The molecule has 0 radical (unpaired) electrons. The normalized spacial score (nSPS) is 30.4. The van der Waals surface area contributed by atoms with Gasteiger partial charge in [0.25, 0.3) is 5.91 Å². The number of aliphatic carboxylic acids is 2. The van der Waals surface area contributed by atoms with E-state index in [4.69, 9.17) is 23.2 Å². The summed E-state index contributed by atoms with van der Waals surface area (Å²) in [6.07, 6.45) is 4.08. The second-order valence-electron chi connectivity index (χ2n) is 9.62. The summed E-state index contributed by atoms with van der Waals surface area (Å²) in [6, 6.07) is 2.46. The number of halogens is 2. The van der Waals surface area contributed by atoms with Crippen LogP contribution in [0.5, 0.6) is 0 Å². The average molecular weight is 498 g/mol. The molecule has 33 heavy (non-hydrogen) atoms. The molecule has 3 amide bonds. The minimum atomic E-state index is -1.42. The van der Waals surface area contributed by atoms with Gasteiger partial charge in [-0.3, -0.25) is 9.59 Å². The zero-order valence-corrected chi connectivity index (χ0v) is 19.2. The van der Waals surface area contributed by atoms with E-state index in [1.165, 1.54) is 12.1 Å². The summed E-state index contributed by atoms with van der Waals surface area (Å²) in [4.78, 5) is 48.8. The van der Waals surface area contributed by atoms with Gasteiger partial charge in [-0.1, -0.05) is 29.3 Å². The quantitative estimate of drug-likeness (QED) is 0.391. The molecule has 4 bridgehead atoms. The van der Waals surface area contributed by atoms with Gasteiger partial charge in [0, 0.05) is 5.54 Å². The maximum Gasteiger partial charge on any atom is 0.328 e. The predicted molar refractivity (Wildman–Crippen MR) is 119 cm³/mol. The van der Waals surface area contributed by atoms with Crippen molar-refractivity contribution >= 4 is 47.1 Å². The second-order valence-corrected chi connectivity index (χ2v) is 10.4. The number of urea groups is 1. The lowest BCUT2D eigenvalue weighted by molar-refractivity contribution is -0.167. The number of rotatable bonds is 7. The number of carbonyl (C=O) groups is 4. The fourth-order valence-corrected chi connectivity index (χ4v) is 6.85. The van der Waals surface area contributed by atoms with Crippen molar-refractivity contribution in [3.8, 4) is 0 Å². The number of carboxylic acid groups (broad SMARTS) is 2. The molecule has 178 valence electrons. The molecule has 5 N–H and O–H groups in total. The van der Waals surface area contributed by atoms with Gasteiger partial charge in [-0.2, -0.15) is 0 Å². The summed E-state index contributed by atoms with van der Waals surface area (Å²) in [7, 11) is 0. The molecule has 3 atom stereocenters. The minimum absolute atomic E-state index is 0.0518. The van der Waals surface area contributed by atoms with E-state index in [9.17, 15) is 29.4 Å². The van der Waals surface area contributed by atoms with Crippen LogP contribution >= 0.6 is 23.2 Å². The number of carboxylic acids is 2. The minimum Gasteiger partial charge on any atom is -0.481 e. The van der Waals surface area contributed by atoms with E-state index in [2.05, 4.69) is 16.0 Å². The van der Waals surface area contributed by atoms with Gasteiger partial charge in [-0.15, -0.1) is 0 Å². The van der Waals surface area contributed by atoms with Gasteiger partial charge in [0.15, 0.2) is 0 Å². The van der Waals surface area contributed by atoms with Crippen molar-refractivity contribution in [3.63, 3.8) is 0 Å². The molecule has 0 spiro atoms. The van der Waals surface area contributed by atoms with E-state index < -0.39 is 40.9 Å². The van der Waals surface area contributed by atoms with E-state index in [1.807, 2.05) is 0 Å². The Hall–Kier alpha value is -2.52. The zero-order chi connectivity index (χ0) is 24.0. The molecule has 3 unspecified atom stereocenters. The smallest absolute Gasteiger partial charge is 0.328 e. The Morgan fingerprint density at radius 2 is 1.64 bits per heavy atom. The van der Waals surface area contributed by atoms with E-state index in [-0.39, 0.29) is 34.0 Å². The highest BCUT2D eigenvalue weighted by atomic mass is 35.5. The van der Waals surface area contributed by atoms with Gasteiger partial charge in [0.2, 0.25) is 0 Å². The van der Waals surface area contributed by atoms with Crippen LogP contribution in [0.2, 0.25) is 10.0 Å². The molecule has 0 aliphatic heterocycles. The summed E-state index contributed by atoms with van der Waals surface area (Å²) in [5, 5.41) is 27.2. The lowest BCUT2D eigenvalue weighted by atomic mass is 9.47. The summed E-state index contributed by atoms with van der Waals surface area (Å²) in [5.74, 6) is -2.41. The number of hydrogen-bond donors (Lipinski definition) is 5. The van der Waals surface area contributed by atoms with Gasteiger partial charge in [-0.05, 0) is 62.5 Å². The Morgan fingerprint density at radius 3 is 2.18 bits per heavy atom. The Balaban J connectivity index is 1.39. The number of hydrogen-bond acceptors (Lipinski definition) is 4. The zero-order valence-electron chi connectivity index (χ0n) is 17.7. The van der Waals surface area contributed by atoms with Gasteiger partial charge < -0.3 is 26.2 Å². The average Bonchev–Trinajstić information content (AvgIpc) is 2.69. The van der Waals surface area contributed by atoms with Crippen molar-refractivity contribution < 1.29 is 29.4 Å². The summed E-state index contributed by atoms with van der Waals surface area (Å²) < 4.78 is 0. The number of carbonyl (C=O) groups excluding carboxylic acids is 2. The van der Waals surface area contributed by atoms with Crippen LogP contribution in [-0.2, 0) is 9.59 Å². The van der Waals surface area contributed by atoms with Crippen molar-refractivity contribution in [2.75, 3.05) is 6.54 Å². The van der Waals surface area contributed by atoms with E-state index >= 15 is 0 Å². The summed E-state index contributed by atoms with van der Waals surface area (Å²) in [5.41, 5.74) is -1.47. The van der Waals surface area contributed by atoms with Crippen LogP contribution in [-0.4, -0.2) is 52.2 Å². The summed E-state index contributed by atoms with van der Waals surface area (Å²) in [6.45, 7) is -0.373. The van der Waals surface area contributed by atoms with Crippen LogP contribution in [0.4, 0.5) is 4.79 Å². The Labute approximate surface area is 200 Å². The van der Waals surface area contributed by atoms with E-state index in [1.54, 1.807) is 6.07 Å². The van der Waals surface area contributed by atoms with Crippen LogP contribution < -0.4 is 16.0 Å². The molecule has 1 aromatic carbocycles. The van der Waals surface area contributed by atoms with Crippen molar-refractivity contribution in [1.29, 1.82) is 0 Å². The molecule has 1 aromatic rings. The number of nitrogens with one attached hydrogen (secondary N) is 3. The maximum atomic E-state index is 12.7. The van der Waals surface area contributed by atoms with Gasteiger partial charge in [-0.25, -0.2) is 9.59 Å². The van der Waals surface area contributed by atoms with Crippen LogP contribution in [0.15, 0.2) is 18.2 Å². The first-order valence-electron chi connectivity index (χ1n) is 10.8. The van der Waals surface area contributed by atoms with Gasteiger partial charge >= 0.3 is 18.0 Å². The number of benzene rings is 1. The third kappa shape index (κ3) is 4.61. The van der Waals surface area contributed by atoms with Crippen molar-refractivity contribution in [3.05, 3.63) is 33.8 Å². The van der Waals surface area contributed by atoms with Crippen molar-refractivity contribution in [2.45, 2.75) is 50.1 Å². The molecule has 11 heteroatoms. The first-order chi connectivity index (χ1) is 15.5. The standard InChI is InChI=1S/C22H25Cl2N3O6/c23-13-2-1-3-14(24)16(13)17(28)26-15(18(29)30)9-25-20(33)27-22-7-11-4-12(8-22)6-21(5-11,10-22)19(31)32/h1-3,11-12,15H,4-10H2,(H,26,28)(H,29,30)(H,31,32)(H2,25,27,33). The van der Waals surface area contributed by atoms with Crippen molar-refractivity contribution in [2.24, 2.45) is 17.3 Å². The largest absolute Gasteiger partial charge is 0.481 e. The molecule has 0 aromatic heterocycles. The lowest BCUT2D eigenvalue weighted by Crippen LogP contribution is -2.66. The molecule has 9 nitrogen and oxygen atoms in total. The first-order valence-corrected chi connectivity index (χ1v) is 11.6. The second kappa shape index (κ2) is 8.68. The van der Waals surface area contributed by atoms with E-state index in [0.29, 0.717) is 19.3 Å². The highest BCUT2D eigenvalue weighted by molar-refractivity contribution is 6.39. The molecular formula is C22H25Cl2N3O6. The predicted octanol–water partition coefficient (Wildman–Crippen LogP) is 2.90. The fraction of sp³-hybridized carbons (Fsp3) is 0.545. The third-order valence-electron chi connectivity index (χ3n) is 7.15. The summed E-state index contributed by atoms with van der Waals surface area (Å²) >= 11 is 12.0. The molecule has 5 rings (SSSR count). The molecular weight excluding hydrogens is 473 g/mol. The molecule has 4 saturated carbocycles. The van der Waals surface area contributed by atoms with Gasteiger partial charge in [0.1, 0.15) is 6.04 Å². The Bertz CT molecular complexity index is 982. The van der Waals surface area contributed by atoms with Crippen molar-refractivity contribution in [1.82, 2.24) is 16.0 Å². The van der Waals surface area contributed by atoms with Crippen LogP contribution in [0.1, 0.15) is 48.9 Å². The van der Waals surface area contributed by atoms with Crippen LogP contribution in [0.25, 0.3) is 0 Å². The first kappa shape index (κ1) is 23.6. The lowest BCUT2D eigenvalue weighted by Gasteiger charge is -2.60. The molecule has 0 saturated heterocycles. The SMILES string of the molecule is O=C(NCC(NC(=O)c1c(Cl)cccc1Cl)C(=O)O)NC12CC3CC(C1)CC(C(=O)O)(C3)C2. The van der Waals surface area contributed by atoms with Gasteiger partial charge in [0.05, 0.1) is 27.6 Å². The molecule has 4 aliphatic carbocycles. The third-order valence-corrected chi connectivity index (χ3v) is 7.78. The topological polar surface area (TPSA) is 145 Å². The highest BCUT2D eigenvalue weighted by Crippen LogP contribution is 2.61. The Kier molecular flexibility index (Phi) is 6.22. The van der Waals surface area contributed by atoms with Crippen LogP contribution in [0.3, 0.4) is 0 Å².